The largest absolute Gasteiger partial charge is 0.454 e. The van der Waals surface area contributed by atoms with Gasteiger partial charge in [-0.2, -0.15) is 0 Å². The van der Waals surface area contributed by atoms with E-state index in [2.05, 4.69) is 60.6 Å². The van der Waals surface area contributed by atoms with Crippen LogP contribution >= 0.6 is 0 Å². The summed E-state index contributed by atoms with van der Waals surface area (Å²) >= 11 is 0. The molecule has 0 unspecified atom stereocenters. The molecule has 7 fully saturated rings. The van der Waals surface area contributed by atoms with E-state index in [0.29, 0.717) is 13.0 Å². The van der Waals surface area contributed by atoms with Crippen molar-refractivity contribution >= 4 is 5.97 Å². The van der Waals surface area contributed by atoms with Crippen LogP contribution in [0.4, 0.5) is 0 Å². The number of esters is 1. The fraction of sp³-hybridized carbons (Fsp3) is 0.932. The van der Waals surface area contributed by atoms with E-state index in [4.69, 9.17) is 28.4 Å². The third kappa shape index (κ3) is 5.90. The summed E-state index contributed by atoms with van der Waals surface area (Å²) in [5.41, 5.74) is -1.18. The van der Waals surface area contributed by atoms with Crippen LogP contribution in [0, 0.1) is 50.2 Å². The maximum Gasteiger partial charge on any atom is 0.303 e. The van der Waals surface area contributed by atoms with Gasteiger partial charge in [-0.3, -0.25) is 4.79 Å². The number of carbonyl (C=O) groups is 1. The van der Waals surface area contributed by atoms with Crippen LogP contribution in [0.25, 0.3) is 0 Å². The molecule has 8 aliphatic rings. The summed E-state index contributed by atoms with van der Waals surface area (Å²) in [5, 5.41) is 66.2. The second-order valence-electron chi connectivity index (χ2n) is 21.7. The third-order valence-electron chi connectivity index (χ3n) is 18.1. The Kier molecular flexibility index (Phi) is 10.3. The monoisotopic (exact) mass is 806 g/mol. The Balaban J connectivity index is 1.03. The quantitative estimate of drug-likeness (QED) is 0.130. The van der Waals surface area contributed by atoms with E-state index in [9.17, 15) is 35.4 Å². The Morgan fingerprint density at radius 2 is 1.51 bits per heavy atom. The Labute approximate surface area is 337 Å². The van der Waals surface area contributed by atoms with Gasteiger partial charge in [-0.25, -0.2) is 0 Å². The van der Waals surface area contributed by atoms with Gasteiger partial charge in [0.25, 0.3) is 0 Å². The smallest absolute Gasteiger partial charge is 0.303 e. The van der Waals surface area contributed by atoms with Gasteiger partial charge in [-0.15, -0.1) is 0 Å². The lowest BCUT2D eigenvalue weighted by atomic mass is 9.32. The SMILES string of the molecule is CC(=O)O[C@H]1[C@H](O[C@H]2[C@@H](O)[C@@H](C)O[C@@H](O[C@H]3CC[C@@]4(C)[C@H](CC[C@]5(C)[C@@H]4C=C[C@]46OC[C@@]7(CCC(C)(C)C[C@@H]74)[C@@H](O)C[C@]65C)C3(C)C)[C@@H]2O)O[C@H](CO)[C@@H](O)[C@@H]1O. The molecule has 57 heavy (non-hydrogen) atoms. The normalized spacial score (nSPS) is 56.2. The summed E-state index contributed by atoms with van der Waals surface area (Å²) in [6, 6.07) is 0. The number of aliphatic hydroxyl groups is 6. The van der Waals surface area contributed by atoms with E-state index in [1.165, 1.54) is 0 Å². The van der Waals surface area contributed by atoms with Gasteiger partial charge in [-0.05, 0) is 91.8 Å². The first-order valence-electron chi connectivity index (χ1n) is 21.7. The van der Waals surface area contributed by atoms with Crippen molar-refractivity contribution in [3.63, 3.8) is 0 Å². The van der Waals surface area contributed by atoms with Gasteiger partial charge in [0.2, 0.25) is 0 Å². The maximum absolute atomic E-state index is 12.2. The first-order valence-corrected chi connectivity index (χ1v) is 21.7. The number of aliphatic hydroxyl groups excluding tert-OH is 6. The van der Waals surface area contributed by atoms with Gasteiger partial charge < -0.3 is 59.1 Å². The van der Waals surface area contributed by atoms with Gasteiger partial charge in [-0.1, -0.05) is 60.6 Å². The lowest BCUT2D eigenvalue weighted by Crippen LogP contribution is -2.72. The van der Waals surface area contributed by atoms with Gasteiger partial charge in [0.1, 0.15) is 36.6 Å². The average Bonchev–Trinajstić information content (AvgIpc) is 3.41. The summed E-state index contributed by atoms with van der Waals surface area (Å²) in [4.78, 5) is 11.9. The molecule has 13 heteroatoms. The summed E-state index contributed by atoms with van der Waals surface area (Å²) < 4.78 is 37.1. The van der Waals surface area contributed by atoms with Crippen molar-refractivity contribution in [3.05, 3.63) is 12.2 Å². The van der Waals surface area contributed by atoms with Crippen molar-refractivity contribution in [2.45, 2.75) is 193 Å². The van der Waals surface area contributed by atoms with E-state index in [1.54, 1.807) is 6.92 Å². The van der Waals surface area contributed by atoms with E-state index in [-0.39, 0.29) is 56.3 Å². The highest BCUT2D eigenvalue weighted by Gasteiger charge is 2.79. The molecule has 0 radical (unpaired) electrons. The average molecular weight is 807 g/mol. The van der Waals surface area contributed by atoms with E-state index in [0.717, 1.165) is 51.9 Å². The van der Waals surface area contributed by atoms with Gasteiger partial charge in [0, 0.05) is 23.7 Å². The predicted octanol–water partition coefficient (Wildman–Crippen LogP) is 3.38. The number of ether oxygens (including phenoxy) is 6. The third-order valence-corrected chi connectivity index (χ3v) is 18.1. The number of rotatable bonds is 6. The number of fused-ring (bicyclic) bond motifs is 4. The fourth-order valence-corrected chi connectivity index (χ4v) is 14.6. The van der Waals surface area contributed by atoms with Crippen molar-refractivity contribution in [3.8, 4) is 0 Å². The highest BCUT2D eigenvalue weighted by molar-refractivity contribution is 5.66. The van der Waals surface area contributed by atoms with Crippen molar-refractivity contribution in [1.29, 1.82) is 0 Å². The van der Waals surface area contributed by atoms with Crippen LogP contribution in [-0.4, -0.2) is 129 Å². The molecule has 3 aliphatic heterocycles. The highest BCUT2D eigenvalue weighted by atomic mass is 16.7. The number of hydrogen-bond donors (Lipinski definition) is 6. The van der Waals surface area contributed by atoms with E-state index in [1.807, 2.05) is 0 Å². The molecule has 5 aliphatic carbocycles. The molecule has 0 aromatic heterocycles. The van der Waals surface area contributed by atoms with Crippen molar-refractivity contribution < 1.29 is 63.9 Å². The van der Waals surface area contributed by atoms with Crippen molar-refractivity contribution in [1.82, 2.24) is 0 Å². The van der Waals surface area contributed by atoms with Gasteiger partial charge >= 0.3 is 5.97 Å². The fourth-order valence-electron chi connectivity index (χ4n) is 14.6. The second-order valence-corrected chi connectivity index (χ2v) is 21.7. The molecule has 1 spiro atoms. The zero-order valence-corrected chi connectivity index (χ0v) is 35.4. The molecule has 0 aromatic rings. The molecule has 3 saturated heterocycles. The molecule has 6 N–H and O–H groups in total. The summed E-state index contributed by atoms with van der Waals surface area (Å²) in [7, 11) is 0. The van der Waals surface area contributed by atoms with Crippen LogP contribution in [0.5, 0.6) is 0 Å². The van der Waals surface area contributed by atoms with Gasteiger partial charge in [0.15, 0.2) is 18.7 Å². The van der Waals surface area contributed by atoms with Crippen LogP contribution in [0.3, 0.4) is 0 Å². The first-order chi connectivity index (χ1) is 26.5. The molecule has 8 rings (SSSR count). The zero-order chi connectivity index (χ0) is 41.5. The van der Waals surface area contributed by atoms with Crippen LogP contribution < -0.4 is 0 Å². The molecule has 13 nitrogen and oxygen atoms in total. The Hall–Kier alpha value is -1.23. The molecule has 324 valence electrons. The van der Waals surface area contributed by atoms with Crippen LogP contribution in [0.15, 0.2) is 12.2 Å². The van der Waals surface area contributed by atoms with Crippen LogP contribution in [0.2, 0.25) is 0 Å². The van der Waals surface area contributed by atoms with Crippen LogP contribution in [0.1, 0.15) is 114 Å². The Morgan fingerprint density at radius 1 is 0.789 bits per heavy atom. The second kappa shape index (κ2) is 13.9. The highest BCUT2D eigenvalue weighted by Crippen LogP contribution is 2.79. The summed E-state index contributed by atoms with van der Waals surface area (Å²) in [6.07, 6.45) is -2.02. The Morgan fingerprint density at radius 3 is 2.19 bits per heavy atom. The molecule has 2 bridgehead atoms. The zero-order valence-electron chi connectivity index (χ0n) is 35.4. The summed E-state index contributed by atoms with van der Waals surface area (Å²) in [6.45, 7) is 19.4. The number of allylic oxidation sites excluding steroid dienone is 1. The molecule has 3 heterocycles. The minimum atomic E-state index is -1.66. The minimum absolute atomic E-state index is 0.0821. The molecule has 20 atom stereocenters. The summed E-state index contributed by atoms with van der Waals surface area (Å²) in [5.74, 6) is 0.0260. The molecule has 0 aromatic carbocycles. The van der Waals surface area contributed by atoms with Crippen molar-refractivity contribution in [2.24, 2.45) is 50.2 Å². The molecule has 0 amide bonds. The minimum Gasteiger partial charge on any atom is -0.454 e. The predicted molar refractivity (Wildman–Crippen MR) is 205 cm³/mol. The first kappa shape index (κ1) is 42.5. The Bertz CT molecular complexity index is 1590. The lowest BCUT2D eigenvalue weighted by molar-refractivity contribution is -0.367. The molecular formula is C44H70O13. The van der Waals surface area contributed by atoms with Crippen LogP contribution in [-0.2, 0) is 33.2 Å². The number of hydrogen-bond acceptors (Lipinski definition) is 13. The topological polar surface area (TPSA) is 194 Å². The molecular weight excluding hydrogens is 736 g/mol. The lowest BCUT2D eigenvalue weighted by Gasteiger charge is -2.73. The number of carbonyl (C=O) groups excluding carboxylic acids is 1. The van der Waals surface area contributed by atoms with E-state index < -0.39 is 85.7 Å². The van der Waals surface area contributed by atoms with Crippen molar-refractivity contribution in [2.75, 3.05) is 13.2 Å². The standard InChI is InChI=1S/C44H70O13/c1-22-30(48)34(57-37-35(54-23(2)46)32(50)31(49)24(20-45)55-37)33(51)36(53-22)56-29-12-13-40(7)25(39(29,5)6)10-14-41(8)26(40)11-15-44-27-18-38(3,4)16-17-43(27,21-52-44)28(47)19-42(41,44)9/h11,15,22,24-37,45,47-51H,10,12-14,16-21H2,1-9H3/t22-,24-,25-,26-,27+,28+,29+,30+,31-,32+,33-,34+,35-,36+,37+,40+,41-,42+,43-,44+/m1/s1. The maximum atomic E-state index is 12.2. The molecule has 4 saturated carbocycles. The van der Waals surface area contributed by atoms with Gasteiger partial charge in [0.05, 0.1) is 37.1 Å². The van der Waals surface area contributed by atoms with E-state index >= 15 is 0 Å².